The van der Waals surface area contributed by atoms with Crippen LogP contribution in [0.1, 0.15) is 126 Å². The molecule has 66 heavy (non-hydrogen) atoms. The Bertz CT molecular complexity index is 2470. The molecule has 10 nitrogen and oxygen atoms in total. The Morgan fingerprint density at radius 2 is 1.59 bits per heavy atom. The molecule has 2 bridgehead atoms. The van der Waals surface area contributed by atoms with Crippen molar-refractivity contribution in [2.24, 2.45) is 11.3 Å². The molecule has 356 valence electrons. The normalized spacial score (nSPS) is 21.8. The van der Waals surface area contributed by atoms with Crippen LogP contribution >= 0.6 is 0 Å². The molecule has 2 aromatic carbocycles. The van der Waals surface area contributed by atoms with Gasteiger partial charge in [-0.3, -0.25) is 9.88 Å². The largest absolute Gasteiger partial charge is 0.468 e. The number of nitrogens with zero attached hydrogens (tertiary/aromatic N) is 5. The number of piperazine rings is 1. The Morgan fingerprint density at radius 3 is 2.20 bits per heavy atom. The third-order valence-electron chi connectivity index (χ3n) is 14.9. The van der Waals surface area contributed by atoms with Crippen LogP contribution in [0.15, 0.2) is 30.5 Å². The van der Waals surface area contributed by atoms with Crippen LogP contribution in [0.2, 0.25) is 16.6 Å². The lowest BCUT2D eigenvalue weighted by Gasteiger charge is -2.42. The van der Waals surface area contributed by atoms with E-state index in [9.17, 15) is 9.18 Å². The van der Waals surface area contributed by atoms with Crippen LogP contribution in [0.4, 0.5) is 23.8 Å². The zero-order valence-electron chi connectivity index (χ0n) is 40.5. The number of carbonyl (C=O) groups excluding carboxylic acids is 1. The highest BCUT2D eigenvalue weighted by atomic mass is 28.3. The molecule has 4 aromatic rings. The van der Waals surface area contributed by atoms with Gasteiger partial charge >= 0.3 is 12.1 Å². The number of methoxy groups -OCH3 is 1. The van der Waals surface area contributed by atoms with Gasteiger partial charge in [-0.25, -0.2) is 18.0 Å². The van der Waals surface area contributed by atoms with Gasteiger partial charge in [0.1, 0.15) is 48.4 Å². The second-order valence-corrected chi connectivity index (χ2v) is 27.1. The third kappa shape index (κ3) is 9.58. The molecule has 0 N–H and O–H groups in total. The first kappa shape index (κ1) is 47.9. The van der Waals surface area contributed by atoms with Crippen molar-refractivity contribution >= 4 is 41.7 Å². The molecule has 0 radical (unpaired) electrons. The van der Waals surface area contributed by atoms with Crippen molar-refractivity contribution in [3.8, 4) is 34.5 Å². The van der Waals surface area contributed by atoms with Gasteiger partial charge in [0.05, 0.1) is 29.6 Å². The van der Waals surface area contributed by atoms with Gasteiger partial charge in [-0.1, -0.05) is 53.5 Å². The highest BCUT2D eigenvalue weighted by Crippen LogP contribution is 2.53. The van der Waals surface area contributed by atoms with Gasteiger partial charge in [0.15, 0.2) is 12.6 Å². The molecular formula is C52H68F3N5O5Si. The van der Waals surface area contributed by atoms with Crippen LogP contribution in [-0.4, -0.2) is 91.5 Å². The van der Waals surface area contributed by atoms with E-state index in [4.69, 9.17) is 33.9 Å². The van der Waals surface area contributed by atoms with Crippen LogP contribution in [0.5, 0.6) is 11.8 Å². The minimum Gasteiger partial charge on any atom is -0.468 e. The topological polar surface area (TPSA) is 99.1 Å². The maximum absolute atomic E-state index is 17.9. The van der Waals surface area contributed by atoms with E-state index in [0.717, 1.165) is 44.9 Å². The fourth-order valence-electron chi connectivity index (χ4n) is 11.5. The fourth-order valence-corrected chi connectivity index (χ4v) is 16.7. The van der Waals surface area contributed by atoms with Crippen molar-refractivity contribution in [1.82, 2.24) is 19.9 Å². The van der Waals surface area contributed by atoms with Crippen LogP contribution in [0, 0.1) is 34.4 Å². The lowest BCUT2D eigenvalue weighted by atomic mass is 9.81. The predicted molar refractivity (Wildman–Crippen MR) is 256 cm³/mol. The Kier molecular flexibility index (Phi) is 13.6. The molecule has 0 spiro atoms. The number of halogens is 3. The van der Waals surface area contributed by atoms with Crippen LogP contribution in [-0.2, 0) is 9.47 Å². The van der Waals surface area contributed by atoms with E-state index in [1.54, 1.807) is 24.4 Å². The van der Waals surface area contributed by atoms with Crippen molar-refractivity contribution in [2.75, 3.05) is 38.5 Å². The number of pyridine rings is 1. The first-order chi connectivity index (χ1) is 31.3. The Hall–Kier alpha value is -4.61. The number of alkyl halides is 1. The number of hydrogen-bond donors (Lipinski definition) is 0. The average Bonchev–Trinajstić information content (AvgIpc) is 3.97. The summed E-state index contributed by atoms with van der Waals surface area (Å²) in [7, 11) is -0.801. The summed E-state index contributed by atoms with van der Waals surface area (Å²) in [5.74, 6) is 3.43. The van der Waals surface area contributed by atoms with E-state index in [1.807, 2.05) is 25.7 Å². The van der Waals surface area contributed by atoms with Gasteiger partial charge in [-0.05, 0) is 125 Å². The summed E-state index contributed by atoms with van der Waals surface area (Å²) in [5.41, 5.74) is 4.37. The fraction of sp³-hybridized carbons (Fsp3) is 0.615. The minimum absolute atomic E-state index is 0.0132. The predicted octanol–water partition coefficient (Wildman–Crippen LogP) is 12.3. The van der Waals surface area contributed by atoms with E-state index in [1.165, 1.54) is 13.2 Å². The quantitative estimate of drug-likeness (QED) is 0.0737. The molecule has 4 aliphatic rings. The molecule has 8 rings (SSSR count). The zero-order valence-corrected chi connectivity index (χ0v) is 41.5. The molecule has 2 unspecified atom stereocenters. The molecule has 2 atom stereocenters. The van der Waals surface area contributed by atoms with Crippen molar-refractivity contribution < 1.29 is 36.9 Å². The molecule has 4 heterocycles. The van der Waals surface area contributed by atoms with E-state index in [-0.39, 0.29) is 53.2 Å². The molecule has 2 aromatic heterocycles. The van der Waals surface area contributed by atoms with Gasteiger partial charge < -0.3 is 23.8 Å². The molecule has 2 saturated heterocycles. The van der Waals surface area contributed by atoms with Crippen molar-refractivity contribution in [1.29, 1.82) is 0 Å². The standard InChI is InChI=1S/C52H68F3N5O5Si/c1-31(2)66(32(3)4,33(5)6)22-19-40-43(54)18-13-35-23-39(64-30-62-10)24-41(44(35)40)46-45(55)47-42(26-56-46)48(59-27-37-16-17-38(28-59)60(37)50(61)65-51(7,8)9)58-49(57-47)63-29-52(20-21-52)25-34-11-14-36(53)15-12-34/h13,18,23-24,26,31-34,36-38H,11-12,14-17,20-21,25,27-30H2,1-10H3. The first-order valence-corrected chi connectivity index (χ1v) is 26.4. The number of ether oxygens (including phenoxy) is 4. The summed E-state index contributed by atoms with van der Waals surface area (Å²) in [4.78, 5) is 32.0. The smallest absolute Gasteiger partial charge is 0.410 e. The number of benzene rings is 2. The van der Waals surface area contributed by atoms with E-state index in [2.05, 4.69) is 57.9 Å². The van der Waals surface area contributed by atoms with Gasteiger partial charge in [0, 0.05) is 42.8 Å². The summed E-state index contributed by atoms with van der Waals surface area (Å²) in [6.07, 6.45) is 8.00. The SMILES string of the molecule is COCOc1cc(-c2ncc3c(N4CC5CCC(C4)N5C(=O)OC(C)(C)C)nc(OCC4(CC5CCC(F)CC5)CC4)nc3c2F)c2c(C#C[Si](C(C)C)(C(C)C)C(C)C)c(F)ccc2c1. The Balaban J connectivity index is 1.25. The Labute approximate surface area is 389 Å². The number of hydrogen-bond acceptors (Lipinski definition) is 9. The van der Waals surface area contributed by atoms with Gasteiger partial charge in [0.25, 0.3) is 0 Å². The second kappa shape index (κ2) is 18.8. The molecule has 2 aliphatic carbocycles. The summed E-state index contributed by atoms with van der Waals surface area (Å²) < 4.78 is 71.9. The van der Waals surface area contributed by atoms with Gasteiger partial charge in [-0.15, -0.1) is 5.54 Å². The molecule has 1 amide bonds. The van der Waals surface area contributed by atoms with E-state index >= 15 is 8.78 Å². The first-order valence-electron chi connectivity index (χ1n) is 24.1. The summed E-state index contributed by atoms with van der Waals surface area (Å²) >= 11 is 0. The third-order valence-corrected chi connectivity index (χ3v) is 21.2. The number of rotatable bonds is 13. The van der Waals surface area contributed by atoms with E-state index in [0.29, 0.717) is 88.4 Å². The number of fused-ring (bicyclic) bond motifs is 4. The van der Waals surface area contributed by atoms with Crippen LogP contribution in [0.25, 0.3) is 32.9 Å². The van der Waals surface area contributed by atoms with Crippen molar-refractivity contribution in [3.63, 3.8) is 0 Å². The highest BCUT2D eigenvalue weighted by Gasteiger charge is 2.47. The molecular weight excluding hydrogens is 860 g/mol. The number of carbonyl (C=O) groups is 1. The maximum atomic E-state index is 17.9. The van der Waals surface area contributed by atoms with Crippen LogP contribution in [0.3, 0.4) is 0 Å². The van der Waals surface area contributed by atoms with Crippen LogP contribution < -0.4 is 14.4 Å². The molecule has 2 saturated carbocycles. The lowest BCUT2D eigenvalue weighted by Crippen LogP contribution is -2.57. The molecule has 2 aliphatic heterocycles. The number of anilines is 1. The monoisotopic (exact) mass is 927 g/mol. The average molecular weight is 928 g/mol. The van der Waals surface area contributed by atoms with Gasteiger partial charge in [0.2, 0.25) is 0 Å². The summed E-state index contributed by atoms with van der Waals surface area (Å²) in [6, 6.07) is 6.28. The lowest BCUT2D eigenvalue weighted by molar-refractivity contribution is 0.0122. The molecule has 4 fully saturated rings. The number of amides is 1. The second-order valence-electron chi connectivity index (χ2n) is 21.5. The Morgan fingerprint density at radius 1 is 0.924 bits per heavy atom. The minimum atomic E-state index is -2.32. The zero-order chi connectivity index (χ0) is 47.3. The maximum Gasteiger partial charge on any atom is 0.410 e. The summed E-state index contributed by atoms with van der Waals surface area (Å²) in [5, 5.41) is 1.42. The summed E-state index contributed by atoms with van der Waals surface area (Å²) in [6.45, 7) is 20.1. The van der Waals surface area contributed by atoms with Crippen molar-refractivity contribution in [3.05, 3.63) is 47.7 Å². The van der Waals surface area contributed by atoms with Gasteiger partial charge in [-0.2, -0.15) is 9.97 Å². The highest BCUT2D eigenvalue weighted by molar-refractivity contribution is 6.90. The molecule has 14 heteroatoms. The number of aromatic nitrogens is 3. The van der Waals surface area contributed by atoms with Crippen molar-refractivity contribution in [2.45, 2.75) is 161 Å². The van der Waals surface area contributed by atoms with E-state index < -0.39 is 31.5 Å².